The average Bonchev–Trinajstić information content (AvgIpc) is 1.95. The molecule has 0 aromatic rings. The van der Waals surface area contributed by atoms with Gasteiger partial charge in [0.05, 0.1) is 0 Å². The van der Waals surface area contributed by atoms with E-state index in [2.05, 4.69) is 34.6 Å². The third kappa shape index (κ3) is 0.625. The molecule has 0 heterocycles. The van der Waals surface area contributed by atoms with E-state index in [0.29, 0.717) is 5.41 Å². The van der Waals surface area contributed by atoms with Gasteiger partial charge in [-0.15, -0.1) is 0 Å². The Morgan fingerprint density at radius 1 is 0.909 bits per heavy atom. The summed E-state index contributed by atoms with van der Waals surface area (Å²) in [5.74, 6) is 5.08. The molecule has 2 saturated carbocycles. The second kappa shape index (κ2) is 1.84. The minimum Gasteiger partial charge on any atom is -0.0620 e. The van der Waals surface area contributed by atoms with Crippen LogP contribution in [-0.4, -0.2) is 0 Å². The maximum Gasteiger partial charge on any atom is -0.0292 e. The van der Waals surface area contributed by atoms with Crippen LogP contribution in [0.5, 0.6) is 0 Å². The van der Waals surface area contributed by atoms with E-state index >= 15 is 0 Å². The number of hydrogen-bond acceptors (Lipinski definition) is 0. The smallest absolute Gasteiger partial charge is 0.0292 e. The lowest BCUT2D eigenvalue weighted by molar-refractivity contribution is -0.234. The van der Waals surface area contributed by atoms with Crippen molar-refractivity contribution in [2.45, 2.75) is 34.6 Å². The average molecular weight is 152 g/mol. The fraction of sp³-hybridized carbons (Fsp3) is 1.00. The Labute approximate surface area is 70.4 Å². The maximum atomic E-state index is 2.45. The van der Waals surface area contributed by atoms with Crippen LogP contribution in [0.1, 0.15) is 34.6 Å². The molecule has 0 N–H and O–H groups in total. The molecule has 0 bridgehead atoms. The Morgan fingerprint density at radius 3 is 1.91 bits per heavy atom. The first-order valence-electron chi connectivity index (χ1n) is 4.98. The summed E-state index contributed by atoms with van der Waals surface area (Å²) in [6, 6.07) is 0. The van der Waals surface area contributed by atoms with Crippen molar-refractivity contribution < 1.29 is 0 Å². The summed E-state index contributed by atoms with van der Waals surface area (Å²) in [5, 5.41) is 0. The van der Waals surface area contributed by atoms with Crippen LogP contribution in [-0.2, 0) is 0 Å². The quantitative estimate of drug-likeness (QED) is 0.500. The van der Waals surface area contributed by atoms with Crippen molar-refractivity contribution in [3.8, 4) is 0 Å². The first kappa shape index (κ1) is 7.64. The van der Waals surface area contributed by atoms with Gasteiger partial charge in [0.1, 0.15) is 0 Å². The molecule has 0 aromatic carbocycles. The fourth-order valence-corrected chi connectivity index (χ4v) is 3.83. The molecule has 1 unspecified atom stereocenters. The highest BCUT2D eigenvalue weighted by Gasteiger charge is 2.65. The standard InChI is InChI=1S/C11H20/c1-6-7(2)10-9(6)8(3)11(10,4)5/h6-10H,1-5H3/t6-,7?,8-,9+,10+/m0/s1. The molecule has 0 nitrogen and oxygen atoms in total. The van der Waals surface area contributed by atoms with Crippen LogP contribution in [0.3, 0.4) is 0 Å². The molecular weight excluding hydrogens is 132 g/mol. The summed E-state index contributed by atoms with van der Waals surface area (Å²) in [6.07, 6.45) is 0. The Morgan fingerprint density at radius 2 is 1.45 bits per heavy atom. The van der Waals surface area contributed by atoms with Crippen LogP contribution in [0.15, 0.2) is 0 Å². The summed E-state index contributed by atoms with van der Waals surface area (Å²) < 4.78 is 0. The normalized spacial score (nSPS) is 59.2. The van der Waals surface area contributed by atoms with Crippen molar-refractivity contribution in [1.29, 1.82) is 0 Å². The highest BCUT2D eigenvalue weighted by atomic mass is 14.7. The van der Waals surface area contributed by atoms with Gasteiger partial charge in [0.2, 0.25) is 0 Å². The summed E-state index contributed by atoms with van der Waals surface area (Å²) in [4.78, 5) is 0. The van der Waals surface area contributed by atoms with Gasteiger partial charge in [-0.25, -0.2) is 0 Å². The van der Waals surface area contributed by atoms with E-state index in [9.17, 15) is 0 Å². The van der Waals surface area contributed by atoms with Gasteiger partial charge in [-0.3, -0.25) is 0 Å². The monoisotopic (exact) mass is 152 g/mol. The molecule has 5 atom stereocenters. The molecule has 2 aliphatic carbocycles. The van der Waals surface area contributed by atoms with Gasteiger partial charge in [0.15, 0.2) is 0 Å². The second-order valence-corrected chi connectivity index (χ2v) is 5.43. The highest BCUT2D eigenvalue weighted by Crippen LogP contribution is 2.70. The van der Waals surface area contributed by atoms with Crippen LogP contribution in [0.4, 0.5) is 0 Å². The highest BCUT2D eigenvalue weighted by molar-refractivity contribution is 5.12. The van der Waals surface area contributed by atoms with Crippen LogP contribution in [0.25, 0.3) is 0 Å². The zero-order valence-electron chi connectivity index (χ0n) is 8.39. The van der Waals surface area contributed by atoms with E-state index in [-0.39, 0.29) is 0 Å². The van der Waals surface area contributed by atoms with Gasteiger partial charge in [-0.1, -0.05) is 34.6 Å². The largest absolute Gasteiger partial charge is 0.0620 e. The molecule has 0 radical (unpaired) electrons. The molecule has 0 heteroatoms. The summed E-state index contributed by atoms with van der Waals surface area (Å²) in [6.45, 7) is 12.2. The summed E-state index contributed by atoms with van der Waals surface area (Å²) in [7, 11) is 0. The lowest BCUT2D eigenvalue weighted by Crippen LogP contribution is -2.66. The summed E-state index contributed by atoms with van der Waals surface area (Å²) in [5.41, 5.74) is 0.649. The van der Waals surface area contributed by atoms with E-state index in [4.69, 9.17) is 0 Å². The van der Waals surface area contributed by atoms with Gasteiger partial charge in [-0.2, -0.15) is 0 Å². The predicted molar refractivity (Wildman–Crippen MR) is 48.3 cm³/mol. The first-order chi connectivity index (χ1) is 4.98. The topological polar surface area (TPSA) is 0 Å². The van der Waals surface area contributed by atoms with Crippen molar-refractivity contribution in [3.05, 3.63) is 0 Å². The molecule has 0 spiro atoms. The Hall–Kier alpha value is 0. The van der Waals surface area contributed by atoms with Crippen LogP contribution < -0.4 is 0 Å². The Bertz CT molecular complexity index is 180. The number of fused-ring (bicyclic) bond motifs is 1. The van der Waals surface area contributed by atoms with Crippen molar-refractivity contribution >= 4 is 0 Å². The van der Waals surface area contributed by atoms with Gasteiger partial charge in [0.25, 0.3) is 0 Å². The molecule has 0 aromatic heterocycles. The van der Waals surface area contributed by atoms with Gasteiger partial charge >= 0.3 is 0 Å². The van der Waals surface area contributed by atoms with Gasteiger partial charge in [0, 0.05) is 0 Å². The lowest BCUT2D eigenvalue weighted by atomic mass is 9.34. The molecule has 0 amide bonds. The van der Waals surface area contributed by atoms with E-state index in [1.807, 2.05) is 0 Å². The van der Waals surface area contributed by atoms with E-state index < -0.39 is 0 Å². The third-order valence-corrected chi connectivity index (χ3v) is 5.03. The van der Waals surface area contributed by atoms with E-state index in [1.54, 1.807) is 0 Å². The lowest BCUT2D eigenvalue weighted by Gasteiger charge is -2.71. The van der Waals surface area contributed by atoms with Crippen molar-refractivity contribution in [3.63, 3.8) is 0 Å². The fourth-order valence-electron chi connectivity index (χ4n) is 3.83. The zero-order chi connectivity index (χ0) is 8.39. The molecule has 2 rings (SSSR count). The van der Waals surface area contributed by atoms with Crippen LogP contribution in [0.2, 0.25) is 0 Å². The Kier molecular flexibility index (Phi) is 1.28. The van der Waals surface area contributed by atoms with Crippen LogP contribution in [0, 0.1) is 35.0 Å². The molecule has 0 aliphatic heterocycles. The minimum absolute atomic E-state index is 0.649. The number of rotatable bonds is 0. The summed E-state index contributed by atoms with van der Waals surface area (Å²) >= 11 is 0. The number of hydrogen-bond donors (Lipinski definition) is 0. The molecular formula is C11H20. The molecule has 0 saturated heterocycles. The third-order valence-electron chi connectivity index (χ3n) is 5.03. The van der Waals surface area contributed by atoms with Crippen molar-refractivity contribution in [2.24, 2.45) is 35.0 Å². The molecule has 11 heavy (non-hydrogen) atoms. The first-order valence-corrected chi connectivity index (χ1v) is 4.98. The second-order valence-electron chi connectivity index (χ2n) is 5.43. The zero-order valence-corrected chi connectivity index (χ0v) is 8.39. The Balaban J connectivity index is 2.15. The van der Waals surface area contributed by atoms with Crippen molar-refractivity contribution in [1.82, 2.24) is 0 Å². The van der Waals surface area contributed by atoms with E-state index in [1.165, 1.54) is 0 Å². The van der Waals surface area contributed by atoms with E-state index in [0.717, 1.165) is 29.6 Å². The van der Waals surface area contributed by atoms with Crippen molar-refractivity contribution in [2.75, 3.05) is 0 Å². The SMILES string of the molecule is CC1[C@@H]2[C@H]([C@H]1C)[C@H](C)C2(C)C. The molecule has 2 fully saturated rings. The van der Waals surface area contributed by atoms with Gasteiger partial charge < -0.3 is 0 Å². The van der Waals surface area contributed by atoms with Gasteiger partial charge in [-0.05, 0) is 35.0 Å². The minimum atomic E-state index is 0.649. The maximum absolute atomic E-state index is 2.45. The van der Waals surface area contributed by atoms with Crippen LogP contribution >= 0.6 is 0 Å². The molecule has 2 aliphatic rings. The predicted octanol–water partition coefficient (Wildman–Crippen LogP) is 3.18. The molecule has 64 valence electrons.